The van der Waals surface area contributed by atoms with Crippen LogP contribution < -0.4 is 4.90 Å². The fourth-order valence-corrected chi connectivity index (χ4v) is 3.47. The van der Waals surface area contributed by atoms with Gasteiger partial charge in [-0.3, -0.25) is 0 Å². The number of benzene rings is 2. The number of aliphatic hydroxyl groups is 1. The summed E-state index contributed by atoms with van der Waals surface area (Å²) in [6, 6.07) is 12.2. The van der Waals surface area contributed by atoms with Gasteiger partial charge in [0.25, 0.3) is 5.72 Å². The summed E-state index contributed by atoms with van der Waals surface area (Å²) >= 11 is 0. The maximum Gasteiger partial charge on any atom is 0.440 e. The monoisotopic (exact) mass is 398 g/mol. The third-order valence-corrected chi connectivity index (χ3v) is 5.47. The number of hydrogen-bond acceptors (Lipinski definition) is 5. The van der Waals surface area contributed by atoms with Gasteiger partial charge >= 0.3 is 6.18 Å². The average molecular weight is 398 g/mol. The number of rotatable bonds is 3. The van der Waals surface area contributed by atoms with E-state index in [1.807, 2.05) is 0 Å². The van der Waals surface area contributed by atoms with E-state index in [2.05, 4.69) is 4.99 Å². The van der Waals surface area contributed by atoms with E-state index in [1.54, 1.807) is 31.2 Å². The van der Waals surface area contributed by atoms with Crippen molar-refractivity contribution in [3.63, 3.8) is 0 Å². The Morgan fingerprint density at radius 2 is 1.70 bits per heavy atom. The molecule has 9 heteroatoms. The Morgan fingerprint density at radius 3 is 2.22 bits per heavy atom. The zero-order valence-corrected chi connectivity index (χ0v) is 15.3. The van der Waals surface area contributed by atoms with E-state index in [1.165, 1.54) is 29.2 Å². The van der Waals surface area contributed by atoms with Crippen LogP contribution >= 0.6 is 0 Å². The lowest BCUT2D eigenvalue weighted by Gasteiger charge is -2.26. The predicted octanol–water partition coefficient (Wildman–Crippen LogP) is 2.92. The zero-order chi connectivity index (χ0) is 20.0. The average Bonchev–Trinajstić information content (AvgIpc) is 2.93. The second-order valence-corrected chi connectivity index (χ2v) is 8.43. The van der Waals surface area contributed by atoms with Gasteiger partial charge in [0.1, 0.15) is 5.84 Å². The van der Waals surface area contributed by atoms with Crippen LogP contribution in [0.25, 0.3) is 0 Å². The van der Waals surface area contributed by atoms with Crippen LogP contribution in [0, 0.1) is 6.92 Å². The molecule has 1 aliphatic rings. The van der Waals surface area contributed by atoms with Crippen molar-refractivity contribution in [2.45, 2.75) is 23.7 Å². The molecule has 27 heavy (non-hydrogen) atoms. The molecule has 0 saturated heterocycles. The molecule has 1 atom stereocenters. The molecule has 2 aromatic rings. The molecule has 0 spiro atoms. The molecule has 0 amide bonds. The highest BCUT2D eigenvalue weighted by molar-refractivity contribution is 7.90. The molecule has 0 aromatic heterocycles. The first-order valence-electron chi connectivity index (χ1n) is 7.95. The minimum absolute atomic E-state index is 0.0277. The summed E-state index contributed by atoms with van der Waals surface area (Å²) in [5, 5.41) is 10.1. The van der Waals surface area contributed by atoms with Gasteiger partial charge in [-0.05, 0) is 36.8 Å². The largest absolute Gasteiger partial charge is 0.440 e. The van der Waals surface area contributed by atoms with Crippen molar-refractivity contribution in [2.75, 3.05) is 17.7 Å². The Bertz CT molecular complexity index is 1000. The summed E-state index contributed by atoms with van der Waals surface area (Å²) < 4.78 is 63.4. The molecule has 0 fully saturated rings. The molecule has 1 aliphatic heterocycles. The lowest BCUT2D eigenvalue weighted by Crippen LogP contribution is -2.47. The Labute approximate surface area is 154 Å². The number of amidine groups is 1. The Kier molecular flexibility index (Phi) is 4.55. The maximum atomic E-state index is 13.4. The van der Waals surface area contributed by atoms with Crippen molar-refractivity contribution in [2.24, 2.45) is 4.99 Å². The Hall–Kier alpha value is -2.39. The fraction of sp³-hybridized carbons (Fsp3) is 0.278. The van der Waals surface area contributed by atoms with Gasteiger partial charge in [-0.15, -0.1) is 0 Å². The van der Waals surface area contributed by atoms with Crippen molar-refractivity contribution in [1.29, 1.82) is 0 Å². The quantitative estimate of drug-likeness (QED) is 0.863. The zero-order valence-electron chi connectivity index (χ0n) is 14.5. The van der Waals surface area contributed by atoms with Gasteiger partial charge in [-0.1, -0.05) is 24.3 Å². The standard InChI is InChI=1S/C18H17F3N2O3S/c1-12-5-3-4-6-15(12)16-22-17(24,18(19,20)21)11-23(16)13-7-9-14(10-8-13)27(2,25)26/h3-10,24H,11H2,1-2H3. The number of alkyl halides is 3. The number of halogens is 3. The molecule has 0 radical (unpaired) electrons. The molecule has 5 nitrogen and oxygen atoms in total. The molecule has 0 bridgehead atoms. The van der Waals surface area contributed by atoms with Gasteiger partial charge in [0.05, 0.1) is 11.4 Å². The van der Waals surface area contributed by atoms with Crippen LogP contribution in [0.5, 0.6) is 0 Å². The maximum absolute atomic E-state index is 13.4. The first-order chi connectivity index (χ1) is 12.4. The molecule has 144 valence electrons. The summed E-state index contributed by atoms with van der Waals surface area (Å²) in [6.07, 6.45) is -3.91. The van der Waals surface area contributed by atoms with Gasteiger partial charge in [-0.25, -0.2) is 13.4 Å². The van der Waals surface area contributed by atoms with E-state index >= 15 is 0 Å². The van der Waals surface area contributed by atoms with Gasteiger partial charge in [0.2, 0.25) is 0 Å². The van der Waals surface area contributed by atoms with Crippen LogP contribution in [0.15, 0.2) is 58.4 Å². The van der Waals surface area contributed by atoms with Crippen LogP contribution in [-0.4, -0.2) is 44.1 Å². The molecule has 1 unspecified atom stereocenters. The van der Waals surface area contributed by atoms with Crippen molar-refractivity contribution >= 4 is 21.4 Å². The van der Waals surface area contributed by atoms with E-state index in [0.717, 1.165) is 6.26 Å². The molecule has 1 heterocycles. The summed E-state index contributed by atoms with van der Waals surface area (Å²) in [4.78, 5) is 4.89. The summed E-state index contributed by atoms with van der Waals surface area (Å²) in [5.41, 5.74) is -1.81. The highest BCUT2D eigenvalue weighted by atomic mass is 32.2. The lowest BCUT2D eigenvalue weighted by atomic mass is 10.1. The van der Waals surface area contributed by atoms with Gasteiger partial charge in [0, 0.05) is 17.5 Å². The molecule has 0 aliphatic carbocycles. The second-order valence-electron chi connectivity index (χ2n) is 6.42. The first kappa shape index (κ1) is 19.4. The number of hydrogen-bond donors (Lipinski definition) is 1. The molecule has 3 rings (SSSR count). The number of anilines is 1. The fourth-order valence-electron chi connectivity index (χ4n) is 2.84. The van der Waals surface area contributed by atoms with Crippen molar-refractivity contribution < 1.29 is 26.7 Å². The minimum atomic E-state index is -4.96. The third kappa shape index (κ3) is 3.57. The van der Waals surface area contributed by atoms with E-state index in [4.69, 9.17) is 0 Å². The van der Waals surface area contributed by atoms with Gasteiger partial charge in [-0.2, -0.15) is 13.2 Å². The van der Waals surface area contributed by atoms with E-state index in [-0.39, 0.29) is 10.7 Å². The lowest BCUT2D eigenvalue weighted by molar-refractivity contribution is -0.249. The van der Waals surface area contributed by atoms with Crippen molar-refractivity contribution in [3.8, 4) is 0 Å². The summed E-state index contributed by atoms with van der Waals surface area (Å²) in [7, 11) is -3.44. The SMILES string of the molecule is Cc1ccccc1C1=NC(O)(C(F)(F)F)CN1c1ccc(S(C)(=O)=O)cc1. The van der Waals surface area contributed by atoms with Crippen LogP contribution in [-0.2, 0) is 9.84 Å². The number of aryl methyl sites for hydroxylation is 1. The third-order valence-electron chi connectivity index (χ3n) is 4.34. The van der Waals surface area contributed by atoms with E-state index in [9.17, 15) is 26.7 Å². The minimum Gasteiger partial charge on any atom is -0.361 e. The Balaban J connectivity index is 2.11. The summed E-state index contributed by atoms with van der Waals surface area (Å²) in [6.45, 7) is 0.909. The topological polar surface area (TPSA) is 70.0 Å². The molecule has 0 saturated carbocycles. The van der Waals surface area contributed by atoms with Gasteiger partial charge in [0.15, 0.2) is 9.84 Å². The van der Waals surface area contributed by atoms with Gasteiger partial charge < -0.3 is 10.0 Å². The van der Waals surface area contributed by atoms with E-state index in [0.29, 0.717) is 16.8 Å². The number of aliphatic imine (C=N–C) groups is 1. The molecule has 1 N–H and O–H groups in total. The Morgan fingerprint density at radius 1 is 1.11 bits per heavy atom. The van der Waals surface area contributed by atoms with Crippen LogP contribution in [0.2, 0.25) is 0 Å². The van der Waals surface area contributed by atoms with Crippen LogP contribution in [0.3, 0.4) is 0 Å². The smallest absolute Gasteiger partial charge is 0.361 e. The number of sulfone groups is 1. The molecular formula is C18H17F3N2O3S. The highest BCUT2D eigenvalue weighted by Crippen LogP contribution is 2.39. The first-order valence-corrected chi connectivity index (χ1v) is 9.84. The number of nitrogens with zero attached hydrogens (tertiary/aromatic N) is 2. The second kappa shape index (κ2) is 6.35. The predicted molar refractivity (Wildman–Crippen MR) is 95.6 cm³/mol. The highest BCUT2D eigenvalue weighted by Gasteiger charge is 2.59. The van der Waals surface area contributed by atoms with Crippen molar-refractivity contribution in [3.05, 3.63) is 59.7 Å². The van der Waals surface area contributed by atoms with Crippen molar-refractivity contribution in [1.82, 2.24) is 0 Å². The van der Waals surface area contributed by atoms with E-state index < -0.39 is 28.3 Å². The summed E-state index contributed by atoms with van der Waals surface area (Å²) in [5.74, 6) is -0.0277. The number of β-amino-alcohol motifs (C(OH)–C–C–N with tert-alkyl or cyclic N) is 1. The van der Waals surface area contributed by atoms with Crippen LogP contribution in [0.1, 0.15) is 11.1 Å². The molecule has 2 aromatic carbocycles. The molecular weight excluding hydrogens is 381 g/mol. The van der Waals surface area contributed by atoms with Crippen LogP contribution in [0.4, 0.5) is 18.9 Å². The normalized spacial score (nSPS) is 20.7.